The number of thiocarbonyl (C=S) groups is 1. The average Bonchev–Trinajstić information content (AvgIpc) is 2.38. The molecule has 0 radical (unpaired) electrons. The molecule has 3 nitrogen and oxygen atoms in total. The maximum atomic E-state index is 11.7. The molecule has 0 spiro atoms. The van der Waals surface area contributed by atoms with E-state index in [9.17, 15) is 4.79 Å². The molecular formula is C13H17NO2S2. The maximum Gasteiger partial charge on any atom is 0.230 e. The smallest absolute Gasteiger partial charge is 0.230 e. The van der Waals surface area contributed by atoms with Crippen LogP contribution in [0.5, 0.6) is 0 Å². The number of amides is 1. The second kappa shape index (κ2) is 8.11. The first kappa shape index (κ1) is 15.0. The summed E-state index contributed by atoms with van der Waals surface area (Å²) in [6, 6.07) is 9.84. The fourth-order valence-electron chi connectivity index (χ4n) is 1.39. The van der Waals surface area contributed by atoms with E-state index < -0.39 is 0 Å². The molecule has 0 aliphatic heterocycles. The van der Waals surface area contributed by atoms with Gasteiger partial charge in [-0.15, -0.1) is 0 Å². The van der Waals surface area contributed by atoms with Gasteiger partial charge in [0.2, 0.25) is 10.3 Å². The lowest BCUT2D eigenvalue weighted by atomic mass is 10.1. The zero-order valence-corrected chi connectivity index (χ0v) is 12.1. The fraction of sp³-hybridized carbons (Fsp3) is 0.385. The van der Waals surface area contributed by atoms with Gasteiger partial charge in [0.05, 0.1) is 18.4 Å². The van der Waals surface area contributed by atoms with Crippen molar-refractivity contribution in [2.75, 3.05) is 12.4 Å². The van der Waals surface area contributed by atoms with Crippen LogP contribution in [0.15, 0.2) is 30.3 Å². The third-order valence-corrected chi connectivity index (χ3v) is 3.49. The lowest BCUT2D eigenvalue weighted by molar-refractivity contribution is -0.119. The van der Waals surface area contributed by atoms with Gasteiger partial charge in [0.25, 0.3) is 0 Å². The molecule has 0 aliphatic carbocycles. The van der Waals surface area contributed by atoms with E-state index in [1.807, 2.05) is 44.2 Å². The van der Waals surface area contributed by atoms with Crippen LogP contribution in [0.2, 0.25) is 0 Å². The monoisotopic (exact) mass is 283 g/mol. The number of ether oxygens (including phenoxy) is 1. The number of carbonyl (C=O) groups excluding carboxylic acids is 1. The second-order valence-corrected chi connectivity index (χ2v) is 5.25. The van der Waals surface area contributed by atoms with Crippen molar-refractivity contribution in [1.82, 2.24) is 5.32 Å². The Bertz CT molecular complexity index is 395. The molecule has 1 N–H and O–H groups in total. The van der Waals surface area contributed by atoms with Crippen molar-refractivity contribution in [1.29, 1.82) is 0 Å². The van der Waals surface area contributed by atoms with Crippen molar-refractivity contribution in [3.05, 3.63) is 35.9 Å². The van der Waals surface area contributed by atoms with Gasteiger partial charge < -0.3 is 10.1 Å². The predicted octanol–water partition coefficient (Wildman–Crippen LogP) is 2.92. The summed E-state index contributed by atoms with van der Waals surface area (Å²) in [4.78, 5) is 11.7. The standard InChI is InChI=1S/C13H17NO2S2/c1-3-16-13(17)18-9-12(15)14-10(2)11-7-5-4-6-8-11/h4-8,10H,3,9H2,1-2H3,(H,14,15)/t10-/m0/s1. The Morgan fingerprint density at radius 1 is 1.44 bits per heavy atom. The van der Waals surface area contributed by atoms with Gasteiger partial charge in [-0.05, 0) is 31.6 Å². The second-order valence-electron chi connectivity index (χ2n) is 3.67. The SMILES string of the molecule is CCOC(=S)SCC(=O)N[C@@H](C)c1ccccc1. The van der Waals surface area contributed by atoms with Gasteiger partial charge in [0.1, 0.15) is 0 Å². The summed E-state index contributed by atoms with van der Waals surface area (Å²) < 4.78 is 5.51. The van der Waals surface area contributed by atoms with E-state index in [1.54, 1.807) is 0 Å². The molecule has 0 fully saturated rings. The minimum absolute atomic E-state index is 0.0000325. The largest absolute Gasteiger partial charge is 0.479 e. The van der Waals surface area contributed by atoms with Gasteiger partial charge in [-0.2, -0.15) is 0 Å². The molecule has 0 saturated heterocycles. The number of hydrogen-bond donors (Lipinski definition) is 1. The molecule has 1 amide bonds. The average molecular weight is 283 g/mol. The molecule has 0 aliphatic rings. The van der Waals surface area contributed by atoms with Gasteiger partial charge >= 0.3 is 0 Å². The third-order valence-electron chi connectivity index (χ3n) is 2.26. The van der Waals surface area contributed by atoms with Crippen molar-refractivity contribution in [3.8, 4) is 0 Å². The topological polar surface area (TPSA) is 38.3 Å². The number of rotatable bonds is 5. The van der Waals surface area contributed by atoms with Crippen LogP contribution < -0.4 is 5.32 Å². The Morgan fingerprint density at radius 2 is 2.11 bits per heavy atom. The van der Waals surface area contributed by atoms with E-state index in [0.29, 0.717) is 11.0 Å². The highest BCUT2D eigenvalue weighted by molar-refractivity contribution is 8.23. The van der Waals surface area contributed by atoms with E-state index in [4.69, 9.17) is 17.0 Å². The highest BCUT2D eigenvalue weighted by Crippen LogP contribution is 2.12. The zero-order valence-electron chi connectivity index (χ0n) is 10.5. The molecule has 1 aromatic rings. The summed E-state index contributed by atoms with van der Waals surface area (Å²) in [6.45, 7) is 4.36. The molecule has 0 unspecified atom stereocenters. The van der Waals surface area contributed by atoms with E-state index >= 15 is 0 Å². The van der Waals surface area contributed by atoms with E-state index in [0.717, 1.165) is 5.56 Å². The molecule has 0 saturated carbocycles. The van der Waals surface area contributed by atoms with Crippen molar-refractivity contribution in [2.24, 2.45) is 0 Å². The molecule has 0 bridgehead atoms. The molecule has 98 valence electrons. The van der Waals surface area contributed by atoms with Crippen molar-refractivity contribution in [3.63, 3.8) is 0 Å². The first-order chi connectivity index (χ1) is 8.63. The van der Waals surface area contributed by atoms with Crippen molar-refractivity contribution in [2.45, 2.75) is 19.9 Å². The summed E-state index contributed by atoms with van der Waals surface area (Å²) in [5.74, 6) is 0.245. The number of hydrogen-bond acceptors (Lipinski definition) is 4. The predicted molar refractivity (Wildman–Crippen MR) is 79.7 cm³/mol. The maximum absolute atomic E-state index is 11.7. The van der Waals surface area contributed by atoms with Crippen LogP contribution in [0.1, 0.15) is 25.5 Å². The Hall–Kier alpha value is -1.07. The van der Waals surface area contributed by atoms with Crippen LogP contribution >= 0.6 is 24.0 Å². The molecule has 1 atom stereocenters. The summed E-state index contributed by atoms with van der Waals surface area (Å²) in [5.41, 5.74) is 1.09. The van der Waals surface area contributed by atoms with Crippen LogP contribution in [0.25, 0.3) is 0 Å². The fourth-order valence-corrected chi connectivity index (χ4v) is 2.22. The summed E-state index contributed by atoms with van der Waals surface area (Å²) >= 11 is 6.18. The molecular weight excluding hydrogens is 266 g/mol. The Kier molecular flexibility index (Phi) is 6.75. The number of benzene rings is 1. The van der Waals surface area contributed by atoms with Crippen molar-refractivity contribution < 1.29 is 9.53 Å². The number of carbonyl (C=O) groups is 1. The van der Waals surface area contributed by atoms with E-state index in [1.165, 1.54) is 11.8 Å². The summed E-state index contributed by atoms with van der Waals surface area (Å²) in [7, 11) is 0. The van der Waals surface area contributed by atoms with Gasteiger partial charge in [0.15, 0.2) is 0 Å². The normalized spacial score (nSPS) is 11.7. The molecule has 1 aromatic carbocycles. The summed E-state index contributed by atoms with van der Waals surface area (Å²) in [6.07, 6.45) is 0. The van der Waals surface area contributed by atoms with Gasteiger partial charge in [-0.3, -0.25) is 4.79 Å². The Balaban J connectivity index is 2.34. The van der Waals surface area contributed by atoms with Gasteiger partial charge in [-0.25, -0.2) is 0 Å². The summed E-state index contributed by atoms with van der Waals surface area (Å²) in [5, 5.41) is 2.92. The van der Waals surface area contributed by atoms with Crippen LogP contribution in [-0.4, -0.2) is 22.6 Å². The minimum Gasteiger partial charge on any atom is -0.479 e. The van der Waals surface area contributed by atoms with E-state index in [2.05, 4.69) is 5.32 Å². The van der Waals surface area contributed by atoms with Crippen LogP contribution in [0.3, 0.4) is 0 Å². The third kappa shape index (κ3) is 5.51. The molecule has 0 heterocycles. The minimum atomic E-state index is -0.0431. The zero-order chi connectivity index (χ0) is 13.4. The van der Waals surface area contributed by atoms with Gasteiger partial charge in [0, 0.05) is 0 Å². The van der Waals surface area contributed by atoms with E-state index in [-0.39, 0.29) is 17.7 Å². The lowest BCUT2D eigenvalue weighted by Gasteiger charge is -2.14. The first-order valence-electron chi connectivity index (χ1n) is 5.77. The molecule has 0 aromatic heterocycles. The van der Waals surface area contributed by atoms with Gasteiger partial charge in [-0.1, -0.05) is 42.1 Å². The van der Waals surface area contributed by atoms with Crippen LogP contribution in [-0.2, 0) is 9.53 Å². The van der Waals surface area contributed by atoms with Crippen molar-refractivity contribution >= 4 is 34.3 Å². The Morgan fingerprint density at radius 3 is 2.72 bits per heavy atom. The first-order valence-corrected chi connectivity index (χ1v) is 7.16. The van der Waals surface area contributed by atoms with Crippen LogP contribution in [0.4, 0.5) is 0 Å². The molecule has 1 rings (SSSR count). The quantitative estimate of drug-likeness (QED) is 0.843. The van der Waals surface area contributed by atoms with Crippen LogP contribution in [0, 0.1) is 0 Å². The highest BCUT2D eigenvalue weighted by Gasteiger charge is 2.10. The Labute approximate surface area is 117 Å². The molecule has 18 heavy (non-hydrogen) atoms. The molecule has 5 heteroatoms. The highest BCUT2D eigenvalue weighted by atomic mass is 32.2. The lowest BCUT2D eigenvalue weighted by Crippen LogP contribution is -2.28. The number of nitrogens with one attached hydrogen (secondary N) is 1. The number of thioether (sulfide) groups is 1.